The predicted octanol–water partition coefficient (Wildman–Crippen LogP) is 2.74. The van der Waals surface area contributed by atoms with Gasteiger partial charge in [-0.1, -0.05) is 13.0 Å². The zero-order chi connectivity index (χ0) is 14.5. The molecule has 1 atom stereocenters. The first kappa shape index (κ1) is 15.0. The highest BCUT2D eigenvalue weighted by molar-refractivity contribution is 5.95. The van der Waals surface area contributed by atoms with E-state index in [1.54, 1.807) is 6.07 Å². The van der Waals surface area contributed by atoms with Crippen LogP contribution >= 0.6 is 0 Å². The van der Waals surface area contributed by atoms with Gasteiger partial charge in [0.25, 0.3) is 5.91 Å². The summed E-state index contributed by atoms with van der Waals surface area (Å²) in [5.74, 6) is -0.401. The van der Waals surface area contributed by atoms with Gasteiger partial charge in [0, 0.05) is 24.7 Å². The van der Waals surface area contributed by atoms with Crippen LogP contribution < -0.4 is 5.32 Å². The molecule has 1 heterocycles. The molecule has 1 aromatic carbocycles. The number of nitrogens with one attached hydrogen (secondary N) is 1. The van der Waals surface area contributed by atoms with Crippen molar-refractivity contribution in [3.8, 4) is 0 Å². The lowest BCUT2D eigenvalue weighted by Crippen LogP contribution is -2.48. The largest absolute Gasteiger partial charge is 0.337 e. The van der Waals surface area contributed by atoms with Crippen molar-refractivity contribution in [3.63, 3.8) is 0 Å². The molecule has 1 amide bonds. The first-order valence-electron chi connectivity index (χ1n) is 7.40. The summed E-state index contributed by atoms with van der Waals surface area (Å²) in [6.45, 7) is 6.44. The maximum atomic E-state index is 13.3. The number of hydrogen-bond donors (Lipinski definition) is 1. The van der Waals surface area contributed by atoms with Gasteiger partial charge in [-0.25, -0.2) is 4.39 Å². The minimum absolute atomic E-state index is 0.0509. The number of rotatable bonds is 4. The molecule has 3 nitrogen and oxygen atoms in total. The van der Waals surface area contributed by atoms with Gasteiger partial charge in [0.1, 0.15) is 5.82 Å². The number of amides is 1. The normalized spacial score (nSPS) is 19.1. The van der Waals surface area contributed by atoms with E-state index >= 15 is 0 Å². The summed E-state index contributed by atoms with van der Waals surface area (Å²) < 4.78 is 13.3. The highest BCUT2D eigenvalue weighted by Crippen LogP contribution is 2.17. The Labute approximate surface area is 120 Å². The monoisotopic (exact) mass is 278 g/mol. The van der Waals surface area contributed by atoms with Crippen molar-refractivity contribution in [2.75, 3.05) is 19.6 Å². The van der Waals surface area contributed by atoms with Crippen molar-refractivity contribution < 1.29 is 9.18 Å². The lowest BCUT2D eigenvalue weighted by atomic mass is 10.0. The molecule has 1 aliphatic heterocycles. The number of likely N-dealkylation sites (tertiary alicyclic amines) is 1. The van der Waals surface area contributed by atoms with Gasteiger partial charge < -0.3 is 10.2 Å². The van der Waals surface area contributed by atoms with E-state index in [9.17, 15) is 9.18 Å². The standard InChI is InChI=1S/C16H23FN2O/c1-3-8-18-14-5-4-9-19(11-14)16(20)15-10-13(17)7-6-12(15)2/h6-7,10,14,18H,3-5,8-9,11H2,1-2H3. The predicted molar refractivity (Wildman–Crippen MR) is 78.4 cm³/mol. The number of carbonyl (C=O) groups is 1. The Kier molecular flexibility index (Phi) is 5.12. The fraction of sp³-hybridized carbons (Fsp3) is 0.562. The van der Waals surface area contributed by atoms with Crippen LogP contribution in [0.15, 0.2) is 18.2 Å². The molecule has 1 N–H and O–H groups in total. The van der Waals surface area contributed by atoms with E-state index in [0.717, 1.165) is 44.5 Å². The fourth-order valence-corrected chi connectivity index (χ4v) is 2.67. The molecule has 0 aromatic heterocycles. The van der Waals surface area contributed by atoms with Crippen molar-refractivity contribution in [2.45, 2.75) is 39.2 Å². The van der Waals surface area contributed by atoms with E-state index < -0.39 is 0 Å². The van der Waals surface area contributed by atoms with Crippen LogP contribution in [0.1, 0.15) is 42.1 Å². The Morgan fingerprint density at radius 3 is 3.05 bits per heavy atom. The number of nitrogens with zero attached hydrogens (tertiary/aromatic N) is 1. The Morgan fingerprint density at radius 2 is 2.30 bits per heavy atom. The maximum Gasteiger partial charge on any atom is 0.254 e. The molecule has 0 bridgehead atoms. The van der Waals surface area contributed by atoms with Crippen LogP contribution in [0.2, 0.25) is 0 Å². The maximum absolute atomic E-state index is 13.3. The number of hydrogen-bond acceptors (Lipinski definition) is 2. The van der Waals surface area contributed by atoms with Crippen LogP contribution in [0.4, 0.5) is 4.39 Å². The molecule has 1 unspecified atom stereocenters. The molecule has 0 saturated carbocycles. The highest BCUT2D eigenvalue weighted by Gasteiger charge is 2.25. The lowest BCUT2D eigenvalue weighted by Gasteiger charge is -2.33. The molecule has 1 saturated heterocycles. The van der Waals surface area contributed by atoms with E-state index in [0.29, 0.717) is 11.6 Å². The number of benzene rings is 1. The Bertz CT molecular complexity index is 476. The molecule has 2 rings (SSSR count). The quantitative estimate of drug-likeness (QED) is 0.918. The van der Waals surface area contributed by atoms with Crippen molar-refractivity contribution in [2.24, 2.45) is 0 Å². The van der Waals surface area contributed by atoms with Crippen LogP contribution in [0.25, 0.3) is 0 Å². The van der Waals surface area contributed by atoms with Crippen LogP contribution in [0.5, 0.6) is 0 Å². The van der Waals surface area contributed by atoms with Gasteiger partial charge in [0.15, 0.2) is 0 Å². The first-order chi connectivity index (χ1) is 9.61. The Morgan fingerprint density at radius 1 is 1.50 bits per heavy atom. The van der Waals surface area contributed by atoms with Crippen LogP contribution in [0, 0.1) is 12.7 Å². The van der Waals surface area contributed by atoms with Gasteiger partial charge in [0.2, 0.25) is 0 Å². The van der Waals surface area contributed by atoms with Gasteiger partial charge in [-0.2, -0.15) is 0 Å². The molecule has 1 aliphatic rings. The number of halogens is 1. The smallest absolute Gasteiger partial charge is 0.254 e. The molecular formula is C16H23FN2O. The Balaban J connectivity index is 2.06. The van der Waals surface area contributed by atoms with E-state index in [2.05, 4.69) is 12.2 Å². The van der Waals surface area contributed by atoms with Gasteiger partial charge in [-0.3, -0.25) is 4.79 Å². The van der Waals surface area contributed by atoms with Gasteiger partial charge in [0.05, 0.1) is 0 Å². The summed E-state index contributed by atoms with van der Waals surface area (Å²) in [6.07, 6.45) is 3.20. The second-order valence-electron chi connectivity index (χ2n) is 5.50. The molecule has 1 fully saturated rings. The van der Waals surface area contributed by atoms with Gasteiger partial charge >= 0.3 is 0 Å². The summed E-state index contributed by atoms with van der Waals surface area (Å²) in [5.41, 5.74) is 1.32. The molecular weight excluding hydrogens is 255 g/mol. The molecule has 0 spiro atoms. The second kappa shape index (κ2) is 6.84. The average molecular weight is 278 g/mol. The molecule has 1 aromatic rings. The summed E-state index contributed by atoms with van der Waals surface area (Å²) in [6, 6.07) is 4.77. The molecule has 110 valence electrons. The van der Waals surface area contributed by atoms with Crippen LogP contribution in [-0.2, 0) is 0 Å². The van der Waals surface area contributed by atoms with Gasteiger partial charge in [-0.15, -0.1) is 0 Å². The van der Waals surface area contributed by atoms with Crippen molar-refractivity contribution in [1.82, 2.24) is 10.2 Å². The van der Waals surface area contributed by atoms with Gasteiger partial charge in [-0.05, 0) is 50.4 Å². The zero-order valence-corrected chi connectivity index (χ0v) is 12.3. The summed E-state index contributed by atoms with van der Waals surface area (Å²) in [4.78, 5) is 14.4. The lowest BCUT2D eigenvalue weighted by molar-refractivity contribution is 0.0694. The zero-order valence-electron chi connectivity index (χ0n) is 12.3. The highest BCUT2D eigenvalue weighted by atomic mass is 19.1. The fourth-order valence-electron chi connectivity index (χ4n) is 2.67. The van der Waals surface area contributed by atoms with E-state index in [4.69, 9.17) is 0 Å². The summed E-state index contributed by atoms with van der Waals surface area (Å²) in [7, 11) is 0. The summed E-state index contributed by atoms with van der Waals surface area (Å²) >= 11 is 0. The topological polar surface area (TPSA) is 32.3 Å². The number of carbonyl (C=O) groups excluding carboxylic acids is 1. The third kappa shape index (κ3) is 3.57. The minimum atomic E-state index is -0.350. The molecule has 20 heavy (non-hydrogen) atoms. The molecule has 0 aliphatic carbocycles. The van der Waals surface area contributed by atoms with Crippen LogP contribution in [-0.4, -0.2) is 36.5 Å². The van der Waals surface area contributed by atoms with E-state index in [1.165, 1.54) is 12.1 Å². The van der Waals surface area contributed by atoms with Crippen LogP contribution in [0.3, 0.4) is 0 Å². The first-order valence-corrected chi connectivity index (χ1v) is 7.40. The summed E-state index contributed by atoms with van der Waals surface area (Å²) in [5, 5.41) is 3.47. The number of aryl methyl sites for hydroxylation is 1. The second-order valence-corrected chi connectivity index (χ2v) is 5.50. The third-order valence-electron chi connectivity index (χ3n) is 3.82. The average Bonchev–Trinajstić information content (AvgIpc) is 2.47. The van der Waals surface area contributed by atoms with E-state index in [1.807, 2.05) is 11.8 Å². The third-order valence-corrected chi connectivity index (χ3v) is 3.82. The van der Waals surface area contributed by atoms with Crippen molar-refractivity contribution >= 4 is 5.91 Å². The van der Waals surface area contributed by atoms with Crippen molar-refractivity contribution in [3.05, 3.63) is 35.1 Å². The minimum Gasteiger partial charge on any atom is -0.337 e. The SMILES string of the molecule is CCCNC1CCCN(C(=O)c2cc(F)ccc2C)C1. The number of piperidine rings is 1. The molecule has 0 radical (unpaired) electrons. The van der Waals surface area contributed by atoms with Crippen molar-refractivity contribution in [1.29, 1.82) is 0 Å². The van der Waals surface area contributed by atoms with E-state index in [-0.39, 0.29) is 11.7 Å². The molecule has 4 heteroatoms. The Hall–Kier alpha value is -1.42.